The Morgan fingerprint density at radius 2 is 1.74 bits per heavy atom. The molecule has 3 amide bonds. The summed E-state index contributed by atoms with van der Waals surface area (Å²) in [7, 11) is 1.56. The van der Waals surface area contributed by atoms with Crippen molar-refractivity contribution in [3.63, 3.8) is 0 Å². The minimum atomic E-state index is -0.510. The Morgan fingerprint density at radius 3 is 2.44 bits per heavy atom. The molecule has 3 rings (SSSR count). The fraction of sp³-hybridized carbons (Fsp3) is 0.217. The zero-order valence-corrected chi connectivity index (χ0v) is 21.1. The Labute approximate surface area is 211 Å². The molecule has 0 aliphatic rings. The van der Waals surface area contributed by atoms with Crippen LogP contribution in [0.5, 0.6) is 5.75 Å². The number of aryl methyl sites for hydroxylation is 2. The van der Waals surface area contributed by atoms with E-state index in [1.165, 1.54) is 11.3 Å². The zero-order valence-electron chi connectivity index (χ0n) is 18.7. The molecule has 178 valence electrons. The van der Waals surface area contributed by atoms with Crippen LogP contribution in [-0.4, -0.2) is 29.9 Å². The summed E-state index contributed by atoms with van der Waals surface area (Å²) in [5.74, 6) is -0.603. The molecule has 0 bridgehead atoms. The van der Waals surface area contributed by atoms with Crippen molar-refractivity contribution in [1.82, 2.24) is 16.2 Å². The second-order valence-corrected chi connectivity index (χ2v) is 9.25. The molecule has 11 heteroatoms. The van der Waals surface area contributed by atoms with Crippen LogP contribution in [-0.2, 0) is 9.59 Å². The molecule has 0 saturated heterocycles. The number of anilines is 1. The summed E-state index contributed by atoms with van der Waals surface area (Å²) in [4.78, 5) is 37.0. The molecule has 0 spiro atoms. The van der Waals surface area contributed by atoms with E-state index < -0.39 is 11.8 Å². The van der Waals surface area contributed by atoms with Crippen LogP contribution in [0, 0.1) is 13.8 Å². The lowest BCUT2D eigenvalue weighted by Crippen LogP contribution is -2.48. The van der Waals surface area contributed by atoms with Gasteiger partial charge in [-0.2, -0.15) is 0 Å². The Kier molecular flexibility index (Phi) is 8.43. The van der Waals surface area contributed by atoms with E-state index in [0.717, 1.165) is 21.2 Å². The van der Waals surface area contributed by atoms with Crippen molar-refractivity contribution in [1.29, 1.82) is 0 Å². The number of hydrazine groups is 1. The van der Waals surface area contributed by atoms with Crippen molar-refractivity contribution >= 4 is 73.8 Å². The van der Waals surface area contributed by atoms with Crippen LogP contribution in [0.25, 0.3) is 10.1 Å². The molecular formula is C23H23ClN4O4S2. The summed E-state index contributed by atoms with van der Waals surface area (Å²) in [5, 5.41) is 6.15. The second kappa shape index (κ2) is 11.3. The average molecular weight is 519 g/mol. The third kappa shape index (κ3) is 6.43. The number of nitrogens with one attached hydrogen (secondary N) is 4. The van der Waals surface area contributed by atoms with Crippen molar-refractivity contribution in [2.24, 2.45) is 0 Å². The highest BCUT2D eigenvalue weighted by Crippen LogP contribution is 2.37. The molecule has 8 nitrogen and oxygen atoms in total. The molecule has 0 aliphatic carbocycles. The maximum atomic E-state index is 12.6. The lowest BCUT2D eigenvalue weighted by Gasteiger charge is -2.11. The van der Waals surface area contributed by atoms with Gasteiger partial charge in [0.2, 0.25) is 11.8 Å². The maximum Gasteiger partial charge on any atom is 0.269 e. The van der Waals surface area contributed by atoms with E-state index in [4.69, 9.17) is 28.6 Å². The standard InChI is InChI=1S/C23H23ClN4O4S2/c1-12-4-5-14(10-13(12)2)25-18(29)8-9-19(30)27-28-23(33)26-22(31)21-20(24)16-7-6-15(32-3)11-17(16)34-21/h4-7,10-11H,8-9H2,1-3H3,(H,25,29)(H,27,30)(H2,26,28,31,33). The number of benzene rings is 2. The molecule has 1 aromatic heterocycles. The number of thiophene rings is 1. The molecule has 3 aromatic rings. The van der Waals surface area contributed by atoms with Gasteiger partial charge in [0.1, 0.15) is 10.6 Å². The monoisotopic (exact) mass is 518 g/mol. The number of halogens is 1. The van der Waals surface area contributed by atoms with Gasteiger partial charge in [0.15, 0.2) is 5.11 Å². The largest absolute Gasteiger partial charge is 0.497 e. The first-order valence-corrected chi connectivity index (χ1v) is 11.8. The third-order valence-corrected chi connectivity index (χ3v) is 6.82. The van der Waals surface area contributed by atoms with Crippen LogP contribution >= 0.6 is 35.2 Å². The molecule has 0 unspecified atom stereocenters. The fourth-order valence-electron chi connectivity index (χ4n) is 2.97. The number of hydrogen-bond acceptors (Lipinski definition) is 6. The summed E-state index contributed by atoms with van der Waals surface area (Å²) in [6, 6.07) is 10.9. The maximum absolute atomic E-state index is 12.6. The normalized spacial score (nSPS) is 10.5. The number of amides is 3. The molecule has 0 aliphatic heterocycles. The first kappa shape index (κ1) is 25.4. The Hall–Kier alpha value is -3.21. The van der Waals surface area contributed by atoms with E-state index in [0.29, 0.717) is 16.5 Å². The van der Waals surface area contributed by atoms with Crippen LogP contribution in [0.3, 0.4) is 0 Å². The highest BCUT2D eigenvalue weighted by atomic mass is 35.5. The van der Waals surface area contributed by atoms with Gasteiger partial charge >= 0.3 is 0 Å². The van der Waals surface area contributed by atoms with Crippen LogP contribution in [0.1, 0.15) is 33.6 Å². The van der Waals surface area contributed by atoms with Crippen molar-refractivity contribution < 1.29 is 19.1 Å². The SMILES string of the molecule is COc1ccc2c(Cl)c(C(=O)NC(=S)NNC(=O)CCC(=O)Nc3ccc(C)c(C)c3)sc2c1. The smallest absolute Gasteiger partial charge is 0.269 e. The van der Waals surface area contributed by atoms with Crippen LogP contribution in [0.2, 0.25) is 5.02 Å². The number of methoxy groups -OCH3 is 1. The number of ether oxygens (including phenoxy) is 1. The number of carbonyl (C=O) groups excluding carboxylic acids is 3. The van der Waals surface area contributed by atoms with Crippen molar-refractivity contribution in [3.05, 3.63) is 57.4 Å². The highest BCUT2D eigenvalue weighted by molar-refractivity contribution is 7.80. The van der Waals surface area contributed by atoms with Crippen LogP contribution in [0.15, 0.2) is 36.4 Å². The van der Waals surface area contributed by atoms with E-state index in [9.17, 15) is 14.4 Å². The predicted molar refractivity (Wildman–Crippen MR) is 139 cm³/mol. The van der Waals surface area contributed by atoms with E-state index in [2.05, 4.69) is 21.5 Å². The van der Waals surface area contributed by atoms with Crippen molar-refractivity contribution in [3.8, 4) is 5.75 Å². The molecule has 2 aromatic carbocycles. The minimum Gasteiger partial charge on any atom is -0.497 e. The third-order valence-electron chi connectivity index (χ3n) is 4.96. The van der Waals surface area contributed by atoms with E-state index in [1.807, 2.05) is 32.0 Å². The molecule has 0 fully saturated rings. The van der Waals surface area contributed by atoms with Gasteiger partial charge in [-0.3, -0.25) is 30.6 Å². The molecule has 34 heavy (non-hydrogen) atoms. The first-order valence-electron chi connectivity index (χ1n) is 10.2. The van der Waals surface area contributed by atoms with Gasteiger partial charge in [0, 0.05) is 28.6 Å². The topological polar surface area (TPSA) is 109 Å². The molecule has 0 saturated carbocycles. The summed E-state index contributed by atoms with van der Waals surface area (Å²) < 4.78 is 5.98. The van der Waals surface area contributed by atoms with Crippen LogP contribution < -0.4 is 26.2 Å². The lowest BCUT2D eigenvalue weighted by molar-refractivity contribution is -0.124. The summed E-state index contributed by atoms with van der Waals surface area (Å²) in [6.45, 7) is 3.94. The van der Waals surface area contributed by atoms with Gasteiger partial charge in [-0.25, -0.2) is 0 Å². The van der Waals surface area contributed by atoms with Gasteiger partial charge in [0.25, 0.3) is 5.91 Å². The number of fused-ring (bicyclic) bond motifs is 1. The molecule has 4 N–H and O–H groups in total. The predicted octanol–water partition coefficient (Wildman–Crippen LogP) is 4.23. The van der Waals surface area contributed by atoms with Gasteiger partial charge in [0.05, 0.1) is 12.1 Å². The average Bonchev–Trinajstić information content (AvgIpc) is 3.14. The quantitative estimate of drug-likeness (QED) is 0.287. The van der Waals surface area contributed by atoms with Gasteiger partial charge in [-0.05, 0) is 67.5 Å². The van der Waals surface area contributed by atoms with Crippen molar-refractivity contribution in [2.45, 2.75) is 26.7 Å². The first-order chi connectivity index (χ1) is 16.2. The Bertz CT molecular complexity index is 1280. The number of carbonyl (C=O) groups is 3. The van der Waals surface area contributed by atoms with Crippen molar-refractivity contribution in [2.75, 3.05) is 12.4 Å². The highest BCUT2D eigenvalue weighted by Gasteiger charge is 2.19. The van der Waals surface area contributed by atoms with Gasteiger partial charge in [-0.15, -0.1) is 11.3 Å². The molecule has 1 heterocycles. The van der Waals surface area contributed by atoms with E-state index in [-0.39, 0.29) is 28.7 Å². The van der Waals surface area contributed by atoms with Gasteiger partial charge < -0.3 is 10.1 Å². The summed E-state index contributed by atoms with van der Waals surface area (Å²) >= 11 is 12.6. The zero-order chi connectivity index (χ0) is 24.8. The molecule has 0 atom stereocenters. The Morgan fingerprint density at radius 1 is 1.00 bits per heavy atom. The molecular weight excluding hydrogens is 496 g/mol. The lowest BCUT2D eigenvalue weighted by atomic mass is 10.1. The van der Waals surface area contributed by atoms with E-state index >= 15 is 0 Å². The van der Waals surface area contributed by atoms with Crippen LogP contribution in [0.4, 0.5) is 5.69 Å². The fourth-order valence-corrected chi connectivity index (χ4v) is 4.55. The minimum absolute atomic E-state index is 0.0135. The number of hydrogen-bond donors (Lipinski definition) is 4. The second-order valence-electron chi connectivity index (χ2n) is 7.41. The number of rotatable bonds is 6. The van der Waals surface area contributed by atoms with Gasteiger partial charge in [-0.1, -0.05) is 17.7 Å². The molecule has 0 radical (unpaired) electrons. The number of thiocarbonyl (C=S) groups is 1. The summed E-state index contributed by atoms with van der Waals surface area (Å²) in [5.41, 5.74) is 7.67. The van der Waals surface area contributed by atoms with E-state index in [1.54, 1.807) is 25.3 Å². The Balaban J connectivity index is 1.45. The summed E-state index contributed by atoms with van der Waals surface area (Å²) in [6.07, 6.45) is -0.0787.